The first-order valence-electron chi connectivity index (χ1n) is 6.80. The minimum atomic E-state index is 0.0903. The number of amides is 1. The van der Waals surface area contributed by atoms with Crippen LogP contribution < -0.4 is 5.73 Å². The summed E-state index contributed by atoms with van der Waals surface area (Å²) in [6.07, 6.45) is 4.59. The van der Waals surface area contributed by atoms with Gasteiger partial charge in [-0.2, -0.15) is 0 Å². The summed E-state index contributed by atoms with van der Waals surface area (Å²) < 4.78 is 0. The topological polar surface area (TPSA) is 46.3 Å². The normalized spacial score (nSPS) is 19.8. The van der Waals surface area contributed by atoms with E-state index < -0.39 is 0 Å². The summed E-state index contributed by atoms with van der Waals surface area (Å²) in [4.78, 5) is 14.9. The summed E-state index contributed by atoms with van der Waals surface area (Å²) >= 11 is 4.96. The molecule has 3 nitrogen and oxygen atoms in total. The van der Waals surface area contributed by atoms with Crippen LogP contribution in [0.2, 0.25) is 0 Å². The van der Waals surface area contributed by atoms with Crippen LogP contribution in [0.15, 0.2) is 24.3 Å². The Kier molecular flexibility index (Phi) is 4.53. The number of thiocarbonyl (C=S) groups is 1. The predicted octanol–water partition coefficient (Wildman–Crippen LogP) is 2.73. The summed E-state index contributed by atoms with van der Waals surface area (Å²) in [5.41, 5.74) is 7.05. The molecule has 1 aliphatic heterocycles. The Bertz CT molecular complexity index is 487. The summed E-state index contributed by atoms with van der Waals surface area (Å²) in [6.45, 7) is 2.97. The van der Waals surface area contributed by atoms with Crippen molar-refractivity contribution in [3.8, 4) is 0 Å². The van der Waals surface area contributed by atoms with Gasteiger partial charge in [-0.25, -0.2) is 0 Å². The zero-order valence-electron chi connectivity index (χ0n) is 11.3. The van der Waals surface area contributed by atoms with Gasteiger partial charge in [-0.3, -0.25) is 4.79 Å². The van der Waals surface area contributed by atoms with Gasteiger partial charge in [0.05, 0.1) is 0 Å². The van der Waals surface area contributed by atoms with Gasteiger partial charge in [0.25, 0.3) is 5.91 Å². The Balaban J connectivity index is 2.22. The van der Waals surface area contributed by atoms with Crippen molar-refractivity contribution in [2.75, 3.05) is 6.54 Å². The maximum atomic E-state index is 12.6. The standard InChI is InChI=1S/C15H20N2OS/c1-11-6-3-2-4-9-17(11)15(18)13-8-5-7-12(10-13)14(16)19/h5,7-8,10-11H,2-4,6,9H2,1H3,(H2,16,19). The lowest BCUT2D eigenvalue weighted by Gasteiger charge is -2.27. The minimum absolute atomic E-state index is 0.0903. The van der Waals surface area contributed by atoms with Crippen LogP contribution in [0, 0.1) is 0 Å². The van der Waals surface area contributed by atoms with Gasteiger partial charge < -0.3 is 10.6 Å². The van der Waals surface area contributed by atoms with Crippen LogP contribution in [0.4, 0.5) is 0 Å². The number of nitrogens with zero attached hydrogens (tertiary/aromatic N) is 1. The van der Waals surface area contributed by atoms with Gasteiger partial charge >= 0.3 is 0 Å². The lowest BCUT2D eigenvalue weighted by atomic mass is 10.1. The fourth-order valence-electron chi connectivity index (χ4n) is 2.55. The van der Waals surface area contributed by atoms with Crippen LogP contribution >= 0.6 is 12.2 Å². The maximum Gasteiger partial charge on any atom is 0.254 e. The van der Waals surface area contributed by atoms with E-state index in [1.807, 2.05) is 23.1 Å². The van der Waals surface area contributed by atoms with Crippen molar-refractivity contribution in [3.63, 3.8) is 0 Å². The number of benzene rings is 1. The molecule has 1 aromatic carbocycles. The molecule has 0 aromatic heterocycles. The van der Waals surface area contributed by atoms with E-state index in [2.05, 4.69) is 6.92 Å². The van der Waals surface area contributed by atoms with Crippen LogP contribution in [0.5, 0.6) is 0 Å². The van der Waals surface area contributed by atoms with Crippen molar-refractivity contribution in [1.82, 2.24) is 4.90 Å². The molecule has 1 aliphatic rings. The van der Waals surface area contributed by atoms with E-state index in [4.69, 9.17) is 18.0 Å². The molecule has 1 unspecified atom stereocenters. The average Bonchev–Trinajstić information content (AvgIpc) is 2.63. The number of nitrogens with two attached hydrogens (primary N) is 1. The fraction of sp³-hybridized carbons (Fsp3) is 0.467. The monoisotopic (exact) mass is 276 g/mol. The fourth-order valence-corrected chi connectivity index (χ4v) is 2.67. The highest BCUT2D eigenvalue weighted by molar-refractivity contribution is 7.80. The number of carbonyl (C=O) groups is 1. The lowest BCUT2D eigenvalue weighted by Crippen LogP contribution is -2.38. The van der Waals surface area contributed by atoms with E-state index >= 15 is 0 Å². The second kappa shape index (κ2) is 6.15. The first-order chi connectivity index (χ1) is 9.09. The first kappa shape index (κ1) is 14.0. The van der Waals surface area contributed by atoms with Crippen molar-refractivity contribution >= 4 is 23.1 Å². The molecule has 4 heteroatoms. The molecule has 0 saturated carbocycles. The number of hydrogen-bond donors (Lipinski definition) is 1. The zero-order chi connectivity index (χ0) is 13.8. The van der Waals surface area contributed by atoms with E-state index in [0.717, 1.165) is 24.9 Å². The molecule has 0 aliphatic carbocycles. The summed E-state index contributed by atoms with van der Waals surface area (Å²) in [5, 5.41) is 0. The smallest absolute Gasteiger partial charge is 0.254 e. The van der Waals surface area contributed by atoms with Crippen molar-refractivity contribution in [3.05, 3.63) is 35.4 Å². The third-order valence-corrected chi connectivity index (χ3v) is 3.94. The molecule has 2 rings (SSSR count). The predicted molar refractivity (Wildman–Crippen MR) is 81.3 cm³/mol. The maximum absolute atomic E-state index is 12.6. The van der Waals surface area contributed by atoms with Gasteiger partial charge in [-0.1, -0.05) is 37.2 Å². The molecule has 102 valence electrons. The number of likely N-dealkylation sites (tertiary alicyclic amines) is 1. The molecular formula is C15H20N2OS. The average molecular weight is 276 g/mol. The van der Waals surface area contributed by atoms with E-state index in [9.17, 15) is 4.79 Å². The van der Waals surface area contributed by atoms with Gasteiger partial charge in [0.15, 0.2) is 0 Å². The molecule has 0 radical (unpaired) electrons. The quantitative estimate of drug-likeness (QED) is 0.845. The third kappa shape index (κ3) is 3.32. The summed E-state index contributed by atoms with van der Waals surface area (Å²) in [5.74, 6) is 0.0903. The van der Waals surface area contributed by atoms with Crippen LogP contribution in [-0.2, 0) is 0 Å². The summed E-state index contributed by atoms with van der Waals surface area (Å²) in [7, 11) is 0. The lowest BCUT2D eigenvalue weighted by molar-refractivity contribution is 0.0698. The number of hydrogen-bond acceptors (Lipinski definition) is 2. The molecule has 1 saturated heterocycles. The molecule has 0 bridgehead atoms. The minimum Gasteiger partial charge on any atom is -0.389 e. The number of carbonyl (C=O) groups excluding carboxylic acids is 1. The second-order valence-corrected chi connectivity index (χ2v) is 5.58. The molecule has 1 aromatic rings. The van der Waals surface area contributed by atoms with Gasteiger partial charge in [0.2, 0.25) is 0 Å². The van der Waals surface area contributed by atoms with Crippen LogP contribution in [0.3, 0.4) is 0 Å². The highest BCUT2D eigenvalue weighted by Crippen LogP contribution is 2.19. The van der Waals surface area contributed by atoms with Crippen molar-refractivity contribution in [2.45, 2.75) is 38.6 Å². The van der Waals surface area contributed by atoms with Gasteiger partial charge in [0, 0.05) is 23.7 Å². The summed E-state index contributed by atoms with van der Waals surface area (Å²) in [6, 6.07) is 7.61. The Morgan fingerprint density at radius 2 is 2.05 bits per heavy atom. The largest absolute Gasteiger partial charge is 0.389 e. The molecule has 2 N–H and O–H groups in total. The highest BCUT2D eigenvalue weighted by Gasteiger charge is 2.23. The Morgan fingerprint density at radius 3 is 2.79 bits per heavy atom. The molecule has 1 atom stereocenters. The number of rotatable bonds is 2. The molecule has 0 spiro atoms. The SMILES string of the molecule is CC1CCCCCN1C(=O)c1cccc(C(N)=S)c1. The zero-order valence-corrected chi connectivity index (χ0v) is 12.1. The van der Waals surface area contributed by atoms with Crippen LogP contribution in [0.1, 0.15) is 48.5 Å². The van der Waals surface area contributed by atoms with E-state index in [-0.39, 0.29) is 5.91 Å². The molecule has 19 heavy (non-hydrogen) atoms. The van der Waals surface area contributed by atoms with E-state index in [0.29, 0.717) is 16.6 Å². The Labute approximate surface area is 119 Å². The molecule has 1 heterocycles. The van der Waals surface area contributed by atoms with Crippen LogP contribution in [0.25, 0.3) is 0 Å². The van der Waals surface area contributed by atoms with E-state index in [1.165, 1.54) is 12.8 Å². The van der Waals surface area contributed by atoms with Crippen LogP contribution in [-0.4, -0.2) is 28.4 Å². The second-order valence-electron chi connectivity index (χ2n) is 5.14. The Morgan fingerprint density at radius 1 is 1.32 bits per heavy atom. The van der Waals surface area contributed by atoms with Crippen molar-refractivity contribution in [1.29, 1.82) is 0 Å². The molecule has 1 amide bonds. The van der Waals surface area contributed by atoms with Gasteiger partial charge in [-0.15, -0.1) is 0 Å². The third-order valence-electron chi connectivity index (χ3n) is 3.71. The molecular weight excluding hydrogens is 256 g/mol. The Hall–Kier alpha value is -1.42. The molecule has 1 fully saturated rings. The van der Waals surface area contributed by atoms with Gasteiger partial charge in [0.1, 0.15) is 4.99 Å². The van der Waals surface area contributed by atoms with Gasteiger partial charge in [-0.05, 0) is 31.9 Å². The highest BCUT2D eigenvalue weighted by atomic mass is 32.1. The first-order valence-corrected chi connectivity index (χ1v) is 7.21. The van der Waals surface area contributed by atoms with E-state index in [1.54, 1.807) is 6.07 Å². The van der Waals surface area contributed by atoms with Crippen molar-refractivity contribution < 1.29 is 4.79 Å². The van der Waals surface area contributed by atoms with Crippen molar-refractivity contribution in [2.24, 2.45) is 5.73 Å².